The lowest BCUT2D eigenvalue weighted by Gasteiger charge is -2.10. The highest BCUT2D eigenvalue weighted by molar-refractivity contribution is 5.82. The molecule has 0 unspecified atom stereocenters. The molecule has 0 aliphatic carbocycles. The number of nitro groups is 1. The quantitative estimate of drug-likeness (QED) is 0.410. The average molecular weight is 348 g/mol. The van der Waals surface area contributed by atoms with Crippen molar-refractivity contribution in [1.29, 1.82) is 0 Å². The van der Waals surface area contributed by atoms with Gasteiger partial charge in [-0.15, -0.1) is 0 Å². The summed E-state index contributed by atoms with van der Waals surface area (Å²) in [5.41, 5.74) is 9.23. The Kier molecular flexibility index (Phi) is 4.84. The van der Waals surface area contributed by atoms with Gasteiger partial charge in [0.25, 0.3) is 5.69 Å². The van der Waals surface area contributed by atoms with E-state index in [1.807, 2.05) is 6.07 Å². The van der Waals surface area contributed by atoms with Crippen molar-refractivity contribution in [3.63, 3.8) is 0 Å². The van der Waals surface area contributed by atoms with E-state index >= 15 is 0 Å². The Morgan fingerprint density at radius 2 is 1.81 bits per heavy atom. The highest BCUT2D eigenvalue weighted by Crippen LogP contribution is 2.21. The maximum absolute atomic E-state index is 10.7. The molecule has 1 aromatic heterocycles. The number of non-ortho nitro benzene ring substituents is 1. The van der Waals surface area contributed by atoms with Crippen LogP contribution in [0.3, 0.4) is 0 Å². The zero-order valence-electron chi connectivity index (χ0n) is 14.9. The third-order valence-corrected chi connectivity index (χ3v) is 4.21. The number of hydrogen-bond donors (Lipinski definition) is 1. The highest BCUT2D eigenvalue weighted by Gasteiger charge is 2.09. The van der Waals surface area contributed by atoms with Crippen LogP contribution in [0.5, 0.6) is 0 Å². The fraction of sp³-hybridized carbons (Fsp3) is 0.150. The third-order valence-electron chi connectivity index (χ3n) is 4.21. The molecule has 0 saturated carbocycles. The monoisotopic (exact) mass is 348 g/mol. The van der Waals surface area contributed by atoms with Gasteiger partial charge in [0.2, 0.25) is 0 Å². The molecule has 26 heavy (non-hydrogen) atoms. The van der Waals surface area contributed by atoms with Crippen molar-refractivity contribution in [3.8, 4) is 5.69 Å². The van der Waals surface area contributed by atoms with Crippen molar-refractivity contribution in [2.45, 2.75) is 20.8 Å². The first-order valence-electron chi connectivity index (χ1n) is 8.25. The Morgan fingerprint density at radius 1 is 1.08 bits per heavy atom. The smallest absolute Gasteiger partial charge is 0.269 e. The Labute approximate surface area is 151 Å². The summed E-state index contributed by atoms with van der Waals surface area (Å²) < 4.78 is 2.19. The number of nitrogens with one attached hydrogen (secondary N) is 1. The zero-order chi connectivity index (χ0) is 18.7. The molecule has 0 fully saturated rings. The van der Waals surface area contributed by atoms with Crippen molar-refractivity contribution >= 4 is 17.6 Å². The molecule has 132 valence electrons. The summed E-state index contributed by atoms with van der Waals surface area (Å²) in [5.74, 6) is 0. The predicted octanol–water partition coefficient (Wildman–Crippen LogP) is 4.76. The number of rotatable bonds is 5. The average Bonchev–Trinajstić information content (AvgIpc) is 2.89. The zero-order valence-corrected chi connectivity index (χ0v) is 14.9. The van der Waals surface area contributed by atoms with Crippen LogP contribution >= 0.6 is 0 Å². The maximum Gasteiger partial charge on any atom is 0.269 e. The molecule has 0 aliphatic rings. The number of hydrogen-bond acceptors (Lipinski definition) is 4. The number of nitrogens with zero attached hydrogens (tertiary/aromatic N) is 3. The van der Waals surface area contributed by atoms with E-state index in [-0.39, 0.29) is 5.69 Å². The first kappa shape index (κ1) is 17.4. The molecule has 0 spiro atoms. The van der Waals surface area contributed by atoms with Crippen LogP contribution in [0.1, 0.15) is 22.5 Å². The van der Waals surface area contributed by atoms with E-state index in [0.717, 1.165) is 22.6 Å². The number of hydrazone groups is 1. The van der Waals surface area contributed by atoms with E-state index in [0.29, 0.717) is 5.69 Å². The molecule has 0 bridgehead atoms. The van der Waals surface area contributed by atoms with Gasteiger partial charge in [0.1, 0.15) is 0 Å². The lowest BCUT2D eigenvalue weighted by Crippen LogP contribution is -2.00. The molecule has 0 atom stereocenters. The van der Waals surface area contributed by atoms with Crippen LogP contribution < -0.4 is 5.43 Å². The minimum atomic E-state index is -0.423. The van der Waals surface area contributed by atoms with Gasteiger partial charge in [-0.05, 0) is 56.7 Å². The van der Waals surface area contributed by atoms with Gasteiger partial charge in [0.05, 0.1) is 16.8 Å². The van der Waals surface area contributed by atoms with E-state index in [1.54, 1.807) is 18.3 Å². The lowest BCUT2D eigenvalue weighted by molar-refractivity contribution is -0.384. The Morgan fingerprint density at radius 3 is 2.46 bits per heavy atom. The number of nitro benzene ring substituents is 1. The predicted molar refractivity (Wildman–Crippen MR) is 104 cm³/mol. The largest absolute Gasteiger partial charge is 0.318 e. The molecule has 6 heteroatoms. The van der Waals surface area contributed by atoms with Gasteiger partial charge in [-0.1, -0.05) is 12.1 Å². The van der Waals surface area contributed by atoms with Gasteiger partial charge in [0, 0.05) is 34.8 Å². The summed E-state index contributed by atoms with van der Waals surface area (Å²) in [5, 5.41) is 14.9. The fourth-order valence-electron chi connectivity index (χ4n) is 2.92. The van der Waals surface area contributed by atoms with E-state index in [1.165, 1.54) is 17.7 Å². The van der Waals surface area contributed by atoms with Crippen molar-refractivity contribution in [1.82, 2.24) is 4.57 Å². The second-order valence-electron chi connectivity index (χ2n) is 6.17. The summed E-state index contributed by atoms with van der Waals surface area (Å²) in [7, 11) is 0. The molecule has 1 heterocycles. The molecule has 0 amide bonds. The SMILES string of the molecule is Cc1cccc(-n2c(C)cc(/C=N\Nc3ccc([N+](=O)[O-])cc3)c2C)c1. The molecule has 2 aromatic carbocycles. The van der Waals surface area contributed by atoms with Gasteiger partial charge in [0.15, 0.2) is 0 Å². The molecule has 3 aromatic rings. The third kappa shape index (κ3) is 3.64. The summed E-state index contributed by atoms with van der Waals surface area (Å²) in [6.45, 7) is 6.20. The van der Waals surface area contributed by atoms with Gasteiger partial charge in [-0.25, -0.2) is 0 Å². The van der Waals surface area contributed by atoms with Gasteiger partial charge in [-0.3, -0.25) is 15.5 Å². The van der Waals surface area contributed by atoms with Crippen LogP contribution in [-0.2, 0) is 0 Å². The first-order chi connectivity index (χ1) is 12.5. The van der Waals surface area contributed by atoms with E-state index < -0.39 is 4.92 Å². The Hall–Kier alpha value is -3.41. The molecule has 0 aliphatic heterocycles. The molecule has 1 N–H and O–H groups in total. The molecule has 0 saturated heterocycles. The topological polar surface area (TPSA) is 72.5 Å². The Bertz CT molecular complexity index is 972. The van der Waals surface area contributed by atoms with E-state index in [4.69, 9.17) is 0 Å². The number of anilines is 1. The summed E-state index contributed by atoms with van der Waals surface area (Å²) in [6, 6.07) is 16.6. The standard InChI is InChI=1S/C20H20N4O2/c1-14-5-4-6-20(11-14)23-15(2)12-17(16(23)3)13-21-22-18-7-9-19(10-8-18)24(25)26/h4-13,22H,1-3H3/b21-13-. The lowest BCUT2D eigenvalue weighted by atomic mass is 10.2. The Balaban J connectivity index is 1.79. The van der Waals surface area contributed by atoms with Crippen LogP contribution in [0.2, 0.25) is 0 Å². The molecular weight excluding hydrogens is 328 g/mol. The van der Waals surface area contributed by atoms with Crippen LogP contribution in [0.25, 0.3) is 5.69 Å². The minimum absolute atomic E-state index is 0.0567. The number of aromatic nitrogens is 1. The summed E-state index contributed by atoms with van der Waals surface area (Å²) in [4.78, 5) is 10.3. The van der Waals surface area contributed by atoms with Gasteiger partial charge < -0.3 is 4.57 Å². The summed E-state index contributed by atoms with van der Waals surface area (Å²) >= 11 is 0. The van der Waals surface area contributed by atoms with Gasteiger partial charge >= 0.3 is 0 Å². The second kappa shape index (κ2) is 7.23. The second-order valence-corrected chi connectivity index (χ2v) is 6.17. The van der Waals surface area contributed by atoms with Crippen molar-refractivity contribution < 1.29 is 4.92 Å². The van der Waals surface area contributed by atoms with Crippen molar-refractivity contribution in [3.05, 3.63) is 87.2 Å². The van der Waals surface area contributed by atoms with Crippen LogP contribution in [0.4, 0.5) is 11.4 Å². The number of benzene rings is 2. The maximum atomic E-state index is 10.7. The minimum Gasteiger partial charge on any atom is -0.318 e. The summed E-state index contributed by atoms with van der Waals surface area (Å²) in [6.07, 6.45) is 1.76. The molecular formula is C20H20N4O2. The first-order valence-corrected chi connectivity index (χ1v) is 8.25. The van der Waals surface area contributed by atoms with Crippen molar-refractivity contribution in [2.75, 3.05) is 5.43 Å². The highest BCUT2D eigenvalue weighted by atomic mass is 16.6. The van der Waals surface area contributed by atoms with Crippen molar-refractivity contribution in [2.24, 2.45) is 5.10 Å². The van der Waals surface area contributed by atoms with Crippen LogP contribution in [-0.4, -0.2) is 15.7 Å². The fourth-order valence-corrected chi connectivity index (χ4v) is 2.92. The molecule has 0 radical (unpaired) electrons. The van der Waals surface area contributed by atoms with Crippen LogP contribution in [0.15, 0.2) is 59.7 Å². The van der Waals surface area contributed by atoms with Gasteiger partial charge in [-0.2, -0.15) is 5.10 Å². The van der Waals surface area contributed by atoms with E-state index in [9.17, 15) is 10.1 Å². The van der Waals surface area contributed by atoms with E-state index in [2.05, 4.69) is 60.1 Å². The molecule has 3 rings (SSSR count). The van der Waals surface area contributed by atoms with Crippen LogP contribution in [0, 0.1) is 30.9 Å². The normalized spacial score (nSPS) is 11.0. The molecule has 6 nitrogen and oxygen atoms in total. The number of aryl methyl sites for hydroxylation is 2.